The first-order chi connectivity index (χ1) is 8.91. The number of amidine groups is 1. The Morgan fingerprint density at radius 3 is 2.95 bits per heavy atom. The van der Waals surface area contributed by atoms with Gasteiger partial charge < -0.3 is 9.64 Å². The molecule has 0 aliphatic carbocycles. The van der Waals surface area contributed by atoms with Gasteiger partial charge in [0.25, 0.3) is 0 Å². The number of aliphatic imine (C=N–C) groups is 1. The molecule has 19 heavy (non-hydrogen) atoms. The summed E-state index contributed by atoms with van der Waals surface area (Å²) in [6.45, 7) is 4.56. The first kappa shape index (κ1) is 14.8. The highest BCUT2D eigenvalue weighted by Crippen LogP contribution is 2.29. The number of halogens is 2. The van der Waals surface area contributed by atoms with Crippen molar-refractivity contribution < 1.29 is 9.66 Å². The van der Waals surface area contributed by atoms with Crippen LogP contribution in [0.2, 0.25) is 0 Å². The number of nitro groups is 1. The molecule has 0 radical (unpaired) electrons. The predicted octanol–water partition coefficient (Wildman–Crippen LogP) is 1.92. The number of ether oxygens (including phenoxy) is 1. The molecule has 0 saturated carbocycles. The third kappa shape index (κ3) is 3.30. The average molecular weight is 310 g/mol. The van der Waals surface area contributed by atoms with Crippen molar-refractivity contribution in [2.75, 3.05) is 26.2 Å². The van der Waals surface area contributed by atoms with Crippen LogP contribution in [0.3, 0.4) is 0 Å². The van der Waals surface area contributed by atoms with Crippen molar-refractivity contribution in [2.24, 2.45) is 10.9 Å². The molecule has 2 atom stereocenters. The molecule has 0 amide bonds. The Bertz CT molecular complexity index is 389. The maximum Gasteiger partial charge on any atom is 0.428 e. The third-order valence-electron chi connectivity index (χ3n) is 3.41. The Hall–Kier alpha value is -0.590. The van der Waals surface area contributed by atoms with Crippen LogP contribution >= 0.6 is 23.2 Å². The summed E-state index contributed by atoms with van der Waals surface area (Å²) in [5.41, 5.74) is 0. The number of nitrogens with zero attached hydrogens (tertiary/aromatic N) is 3. The van der Waals surface area contributed by atoms with E-state index in [0.29, 0.717) is 32.2 Å². The molecule has 0 aromatic heterocycles. The molecule has 0 N–H and O–H groups in total. The van der Waals surface area contributed by atoms with E-state index < -0.39 is 9.38 Å². The second-order valence-electron chi connectivity index (χ2n) is 5.05. The van der Waals surface area contributed by atoms with E-state index in [9.17, 15) is 10.1 Å². The molecule has 8 heteroatoms. The van der Waals surface area contributed by atoms with Gasteiger partial charge in [-0.05, 0) is 43.0 Å². The maximum absolute atomic E-state index is 11.0. The minimum atomic E-state index is -2.16. The highest BCUT2D eigenvalue weighted by Gasteiger charge is 2.48. The van der Waals surface area contributed by atoms with E-state index in [2.05, 4.69) is 4.99 Å². The summed E-state index contributed by atoms with van der Waals surface area (Å²) in [4.78, 5) is 16.3. The van der Waals surface area contributed by atoms with Gasteiger partial charge in [0.05, 0.1) is 17.6 Å². The monoisotopic (exact) mass is 309 g/mol. The SMILES string of the molecule is CC1CC(CN2CCCN=C2C(Cl)(Cl)[N+](=O)[O-])CO1. The topological polar surface area (TPSA) is 68.0 Å². The van der Waals surface area contributed by atoms with Crippen LogP contribution in [0, 0.1) is 16.0 Å². The van der Waals surface area contributed by atoms with Gasteiger partial charge >= 0.3 is 4.46 Å². The van der Waals surface area contributed by atoms with Crippen molar-refractivity contribution in [3.63, 3.8) is 0 Å². The lowest BCUT2D eigenvalue weighted by Gasteiger charge is -2.32. The first-order valence-corrected chi connectivity index (χ1v) is 7.10. The molecule has 0 aromatic carbocycles. The average Bonchev–Trinajstić information content (AvgIpc) is 2.75. The molecular formula is C11H17Cl2N3O3. The fourth-order valence-electron chi connectivity index (χ4n) is 2.54. The molecule has 2 rings (SSSR count). The van der Waals surface area contributed by atoms with Crippen LogP contribution in [0.25, 0.3) is 0 Å². The molecule has 0 spiro atoms. The van der Waals surface area contributed by atoms with Gasteiger partial charge in [-0.2, -0.15) is 0 Å². The molecule has 0 aromatic rings. The number of hydrogen-bond donors (Lipinski definition) is 0. The first-order valence-electron chi connectivity index (χ1n) is 6.35. The van der Waals surface area contributed by atoms with Crippen LogP contribution in [0.5, 0.6) is 0 Å². The zero-order chi connectivity index (χ0) is 14.0. The number of alkyl halides is 2. The van der Waals surface area contributed by atoms with Crippen LogP contribution in [-0.2, 0) is 4.74 Å². The quantitative estimate of drug-likeness (QED) is 0.344. The number of hydrogen-bond acceptors (Lipinski definition) is 5. The normalized spacial score (nSPS) is 28.4. The summed E-state index contributed by atoms with van der Waals surface area (Å²) in [6.07, 6.45) is 2.04. The van der Waals surface area contributed by atoms with Gasteiger partial charge in [-0.25, -0.2) is 0 Å². The molecular weight excluding hydrogens is 293 g/mol. The van der Waals surface area contributed by atoms with E-state index in [0.717, 1.165) is 12.8 Å². The molecule has 1 fully saturated rings. The molecule has 6 nitrogen and oxygen atoms in total. The van der Waals surface area contributed by atoms with Crippen LogP contribution in [0.15, 0.2) is 4.99 Å². The van der Waals surface area contributed by atoms with Crippen molar-refractivity contribution >= 4 is 29.0 Å². The highest BCUT2D eigenvalue weighted by atomic mass is 35.5. The van der Waals surface area contributed by atoms with Crippen molar-refractivity contribution in [2.45, 2.75) is 30.3 Å². The Kier molecular flexibility index (Phi) is 4.53. The maximum atomic E-state index is 11.0. The zero-order valence-electron chi connectivity index (χ0n) is 10.7. The van der Waals surface area contributed by atoms with Crippen molar-refractivity contribution in [1.82, 2.24) is 4.90 Å². The van der Waals surface area contributed by atoms with Crippen LogP contribution < -0.4 is 0 Å². The van der Waals surface area contributed by atoms with Gasteiger partial charge in [0, 0.05) is 25.6 Å². The Balaban J connectivity index is 2.08. The van der Waals surface area contributed by atoms with Gasteiger partial charge in [0.1, 0.15) is 0 Å². The summed E-state index contributed by atoms with van der Waals surface area (Å²) >= 11 is 11.6. The van der Waals surface area contributed by atoms with Gasteiger partial charge in [0.2, 0.25) is 5.84 Å². The summed E-state index contributed by atoms with van der Waals surface area (Å²) < 4.78 is 3.35. The molecule has 2 aliphatic rings. The summed E-state index contributed by atoms with van der Waals surface area (Å²) in [5.74, 6) is 0.501. The summed E-state index contributed by atoms with van der Waals surface area (Å²) in [7, 11) is 0. The second kappa shape index (κ2) is 5.81. The van der Waals surface area contributed by atoms with Crippen molar-refractivity contribution in [3.8, 4) is 0 Å². The summed E-state index contributed by atoms with van der Waals surface area (Å²) in [5, 5.41) is 11.0. The Morgan fingerprint density at radius 2 is 2.37 bits per heavy atom. The van der Waals surface area contributed by atoms with E-state index in [1.54, 1.807) is 0 Å². The van der Waals surface area contributed by atoms with Gasteiger partial charge in [-0.3, -0.25) is 15.1 Å². The van der Waals surface area contributed by atoms with E-state index in [1.165, 1.54) is 0 Å². The third-order valence-corrected chi connectivity index (χ3v) is 4.02. The van der Waals surface area contributed by atoms with Crippen LogP contribution in [0.4, 0.5) is 0 Å². The molecule has 1 saturated heterocycles. The fraction of sp³-hybridized carbons (Fsp3) is 0.909. The second-order valence-corrected chi connectivity index (χ2v) is 6.34. The van der Waals surface area contributed by atoms with E-state index in [-0.39, 0.29) is 11.9 Å². The van der Waals surface area contributed by atoms with Gasteiger partial charge in [-0.15, -0.1) is 0 Å². The molecule has 108 valence electrons. The lowest BCUT2D eigenvalue weighted by Crippen LogP contribution is -2.50. The molecule has 0 bridgehead atoms. The smallest absolute Gasteiger partial charge is 0.378 e. The minimum absolute atomic E-state index is 0.159. The lowest BCUT2D eigenvalue weighted by atomic mass is 10.1. The fourth-order valence-corrected chi connectivity index (χ4v) is 2.90. The van der Waals surface area contributed by atoms with E-state index >= 15 is 0 Å². The standard InChI is InChI=1S/C11H17Cl2N3O3/c1-8-5-9(7-19-8)6-15-4-2-3-14-10(15)11(12,13)16(17)18/h8-9H,2-7H2,1H3. The molecule has 2 unspecified atom stereocenters. The molecule has 2 heterocycles. The minimum Gasteiger partial charge on any atom is -0.378 e. The highest BCUT2D eigenvalue weighted by molar-refractivity contribution is 6.57. The number of rotatable bonds is 4. The van der Waals surface area contributed by atoms with Crippen molar-refractivity contribution in [3.05, 3.63) is 10.1 Å². The van der Waals surface area contributed by atoms with E-state index in [1.807, 2.05) is 11.8 Å². The molecule has 2 aliphatic heterocycles. The lowest BCUT2D eigenvalue weighted by molar-refractivity contribution is -0.497. The largest absolute Gasteiger partial charge is 0.428 e. The van der Waals surface area contributed by atoms with Gasteiger partial charge in [0.15, 0.2) is 0 Å². The van der Waals surface area contributed by atoms with Crippen LogP contribution in [-0.4, -0.2) is 52.5 Å². The van der Waals surface area contributed by atoms with E-state index in [4.69, 9.17) is 27.9 Å². The van der Waals surface area contributed by atoms with Crippen molar-refractivity contribution in [1.29, 1.82) is 0 Å². The zero-order valence-corrected chi connectivity index (χ0v) is 12.2. The Labute approximate surface area is 121 Å². The Morgan fingerprint density at radius 1 is 1.63 bits per heavy atom. The predicted molar refractivity (Wildman–Crippen MR) is 73.4 cm³/mol. The van der Waals surface area contributed by atoms with Gasteiger partial charge in [-0.1, -0.05) is 0 Å². The summed E-state index contributed by atoms with van der Waals surface area (Å²) in [6, 6.07) is 0. The van der Waals surface area contributed by atoms with Crippen LogP contribution in [0.1, 0.15) is 19.8 Å².